The van der Waals surface area contributed by atoms with E-state index in [-0.39, 0.29) is 36.5 Å². The van der Waals surface area contributed by atoms with Gasteiger partial charge in [0.15, 0.2) is 0 Å². The molecule has 6 nitrogen and oxygen atoms in total. The first-order valence-corrected chi connectivity index (χ1v) is 10.7. The van der Waals surface area contributed by atoms with Crippen LogP contribution in [0.25, 0.3) is 0 Å². The fraction of sp³-hybridized carbons (Fsp3) is 0.417. The largest absolute Gasteiger partial charge is 0.496 e. The number of para-hydroxylation sites is 2. The molecular weight excluding hydrogens is 397 g/mol. The monoisotopic (exact) mass is 425 g/mol. The molecule has 2 aliphatic rings. The number of rotatable bonds is 6. The molecule has 0 radical (unpaired) electrons. The Kier molecular flexibility index (Phi) is 6.51. The summed E-state index contributed by atoms with van der Waals surface area (Å²) in [6.45, 7) is 2.81. The number of carbonyl (C=O) groups is 2. The number of hydrogen-bond donors (Lipinski definition) is 1. The lowest BCUT2D eigenvalue weighted by Gasteiger charge is -2.33. The summed E-state index contributed by atoms with van der Waals surface area (Å²) in [5, 5.41) is 3.11. The highest BCUT2D eigenvalue weighted by Crippen LogP contribution is 2.28. The van der Waals surface area contributed by atoms with Gasteiger partial charge in [-0.25, -0.2) is 4.39 Å². The van der Waals surface area contributed by atoms with Crippen molar-refractivity contribution in [3.05, 3.63) is 59.9 Å². The van der Waals surface area contributed by atoms with Crippen LogP contribution >= 0.6 is 0 Å². The number of nitrogens with zero attached hydrogens (tertiary/aromatic N) is 2. The van der Waals surface area contributed by atoms with Crippen molar-refractivity contribution >= 4 is 17.5 Å². The van der Waals surface area contributed by atoms with E-state index in [1.54, 1.807) is 25.3 Å². The van der Waals surface area contributed by atoms with Crippen molar-refractivity contribution in [2.45, 2.75) is 31.8 Å². The maximum Gasteiger partial charge on any atom is 0.227 e. The minimum atomic E-state index is -0.446. The molecule has 164 valence electrons. The Morgan fingerprint density at radius 2 is 1.84 bits per heavy atom. The lowest BCUT2D eigenvalue weighted by atomic mass is 10.0. The quantitative estimate of drug-likeness (QED) is 0.773. The number of hydrogen-bond acceptors (Lipinski definition) is 4. The smallest absolute Gasteiger partial charge is 0.227 e. The molecule has 2 heterocycles. The van der Waals surface area contributed by atoms with Gasteiger partial charge in [0.05, 0.1) is 18.7 Å². The molecule has 0 saturated carbocycles. The van der Waals surface area contributed by atoms with Crippen molar-refractivity contribution in [2.75, 3.05) is 31.6 Å². The molecule has 31 heavy (non-hydrogen) atoms. The zero-order chi connectivity index (χ0) is 21.8. The molecule has 0 aromatic heterocycles. The second-order valence-corrected chi connectivity index (χ2v) is 8.23. The van der Waals surface area contributed by atoms with Crippen LogP contribution < -0.4 is 15.0 Å². The van der Waals surface area contributed by atoms with E-state index in [1.165, 1.54) is 11.0 Å². The van der Waals surface area contributed by atoms with Gasteiger partial charge < -0.3 is 15.0 Å². The van der Waals surface area contributed by atoms with Gasteiger partial charge in [0, 0.05) is 44.2 Å². The van der Waals surface area contributed by atoms with Gasteiger partial charge in [-0.05, 0) is 31.0 Å². The number of benzene rings is 2. The first-order chi connectivity index (χ1) is 15.0. The van der Waals surface area contributed by atoms with E-state index in [0.29, 0.717) is 0 Å². The van der Waals surface area contributed by atoms with Crippen molar-refractivity contribution in [3.8, 4) is 5.75 Å². The number of carbonyl (C=O) groups excluding carboxylic acids is 2. The van der Waals surface area contributed by atoms with Crippen molar-refractivity contribution < 1.29 is 18.7 Å². The number of amides is 2. The Hall–Kier alpha value is -2.93. The van der Waals surface area contributed by atoms with E-state index >= 15 is 0 Å². The van der Waals surface area contributed by atoms with E-state index in [9.17, 15) is 14.0 Å². The molecule has 2 saturated heterocycles. The lowest BCUT2D eigenvalue weighted by Crippen LogP contribution is -2.46. The maximum atomic E-state index is 14.0. The molecular formula is C24H28FN3O3. The minimum absolute atomic E-state index is 0.0963. The summed E-state index contributed by atoms with van der Waals surface area (Å²) in [6, 6.07) is 14.3. The molecule has 1 N–H and O–H groups in total. The highest BCUT2D eigenvalue weighted by Gasteiger charge is 2.37. The Morgan fingerprint density at radius 3 is 2.58 bits per heavy atom. The minimum Gasteiger partial charge on any atom is -0.496 e. The zero-order valence-corrected chi connectivity index (χ0v) is 17.7. The fourth-order valence-electron chi connectivity index (χ4n) is 4.42. The van der Waals surface area contributed by atoms with Crippen molar-refractivity contribution in [3.63, 3.8) is 0 Å². The summed E-state index contributed by atoms with van der Waals surface area (Å²) in [7, 11) is 1.68. The van der Waals surface area contributed by atoms with Crippen LogP contribution in [0.2, 0.25) is 0 Å². The molecule has 2 aromatic rings. The number of ether oxygens (including phenoxy) is 1. The number of likely N-dealkylation sites (tertiary alicyclic amines) is 1. The van der Waals surface area contributed by atoms with E-state index in [0.717, 1.165) is 43.8 Å². The number of methoxy groups -OCH3 is 1. The van der Waals surface area contributed by atoms with Gasteiger partial charge in [-0.1, -0.05) is 30.3 Å². The molecule has 2 amide bonds. The SMILES string of the molecule is COc1ccccc1CN1CCC(NC(=O)C2CC(=O)N(c3ccccc3F)C2)CC1. The van der Waals surface area contributed by atoms with Crippen LogP contribution in [-0.4, -0.2) is 49.5 Å². The third-order valence-corrected chi connectivity index (χ3v) is 6.16. The van der Waals surface area contributed by atoms with Gasteiger partial charge in [0.1, 0.15) is 11.6 Å². The Balaban J connectivity index is 1.28. The maximum absolute atomic E-state index is 14.0. The van der Waals surface area contributed by atoms with Crippen molar-refractivity contribution in [1.29, 1.82) is 0 Å². The van der Waals surface area contributed by atoms with Gasteiger partial charge in [0.2, 0.25) is 11.8 Å². The highest BCUT2D eigenvalue weighted by molar-refractivity contribution is 6.00. The Morgan fingerprint density at radius 1 is 1.13 bits per heavy atom. The van der Waals surface area contributed by atoms with Crippen molar-refractivity contribution in [1.82, 2.24) is 10.2 Å². The van der Waals surface area contributed by atoms with E-state index in [1.807, 2.05) is 18.2 Å². The standard InChI is InChI=1S/C24H28FN3O3/c1-31-22-9-5-2-6-17(22)15-27-12-10-19(11-13-27)26-24(30)18-14-23(29)28(16-18)21-8-4-3-7-20(21)25/h2-9,18-19H,10-16H2,1H3,(H,26,30). The van der Waals surface area contributed by atoms with Gasteiger partial charge in [-0.15, -0.1) is 0 Å². The molecule has 0 bridgehead atoms. The van der Waals surface area contributed by atoms with Gasteiger partial charge in [-0.3, -0.25) is 14.5 Å². The first-order valence-electron chi connectivity index (χ1n) is 10.7. The van der Waals surface area contributed by atoms with Crippen molar-refractivity contribution in [2.24, 2.45) is 5.92 Å². The zero-order valence-electron chi connectivity index (χ0n) is 17.7. The number of halogens is 1. The van der Waals surface area contributed by atoms with Crippen LogP contribution in [-0.2, 0) is 16.1 Å². The molecule has 2 aliphatic heterocycles. The Labute approximate surface area is 182 Å². The van der Waals surface area contributed by atoms with E-state index < -0.39 is 11.7 Å². The summed E-state index contributed by atoms with van der Waals surface area (Å²) in [6.07, 6.45) is 1.84. The van der Waals surface area contributed by atoms with Gasteiger partial charge in [-0.2, -0.15) is 0 Å². The topological polar surface area (TPSA) is 61.9 Å². The van der Waals surface area contributed by atoms with Gasteiger partial charge >= 0.3 is 0 Å². The number of anilines is 1. The normalized spacial score (nSPS) is 20.1. The highest BCUT2D eigenvalue weighted by atomic mass is 19.1. The van der Waals surface area contributed by atoms with Gasteiger partial charge in [0.25, 0.3) is 0 Å². The molecule has 2 fully saturated rings. The summed E-state index contributed by atoms with van der Waals surface area (Å²) in [5.41, 5.74) is 1.40. The molecule has 4 rings (SSSR count). The molecule has 7 heteroatoms. The first kappa shape index (κ1) is 21.3. The number of nitrogens with one attached hydrogen (secondary N) is 1. The van der Waals surface area contributed by atoms with Crippen LogP contribution in [0.1, 0.15) is 24.8 Å². The lowest BCUT2D eigenvalue weighted by molar-refractivity contribution is -0.127. The Bertz CT molecular complexity index is 943. The predicted octanol–water partition coefficient (Wildman–Crippen LogP) is 2.97. The summed E-state index contributed by atoms with van der Waals surface area (Å²) in [5.74, 6) is -0.325. The predicted molar refractivity (Wildman–Crippen MR) is 116 cm³/mol. The van der Waals surface area contributed by atoms with Crippen LogP contribution in [0, 0.1) is 11.7 Å². The summed E-state index contributed by atoms with van der Waals surface area (Å²) < 4.78 is 19.5. The number of piperidine rings is 1. The molecule has 2 aromatic carbocycles. The third-order valence-electron chi connectivity index (χ3n) is 6.16. The third kappa shape index (κ3) is 4.88. The second-order valence-electron chi connectivity index (χ2n) is 8.23. The van der Waals surface area contributed by atoms with Crippen LogP contribution in [0.3, 0.4) is 0 Å². The molecule has 0 spiro atoms. The average molecular weight is 426 g/mol. The van der Waals surface area contributed by atoms with E-state index in [2.05, 4.69) is 16.3 Å². The second kappa shape index (κ2) is 9.47. The summed E-state index contributed by atoms with van der Waals surface area (Å²) in [4.78, 5) is 28.9. The van der Waals surface area contributed by atoms with Crippen LogP contribution in [0.5, 0.6) is 5.75 Å². The average Bonchev–Trinajstić information content (AvgIpc) is 3.17. The van der Waals surface area contributed by atoms with E-state index in [4.69, 9.17) is 4.74 Å². The van der Waals surface area contributed by atoms with Crippen LogP contribution in [0.4, 0.5) is 10.1 Å². The molecule has 1 atom stereocenters. The summed E-state index contributed by atoms with van der Waals surface area (Å²) >= 11 is 0. The van der Waals surface area contributed by atoms with Crippen LogP contribution in [0.15, 0.2) is 48.5 Å². The molecule has 1 unspecified atom stereocenters. The fourth-order valence-corrected chi connectivity index (χ4v) is 4.42. The molecule has 0 aliphatic carbocycles.